The van der Waals surface area contributed by atoms with Gasteiger partial charge in [0.1, 0.15) is 5.82 Å². The minimum absolute atomic E-state index is 0.0714. The molecule has 2 heteroatoms. The quantitative estimate of drug-likeness (QED) is 0.792. The smallest absolute Gasteiger partial charge is 0.127 e. The molecule has 3 rings (SSSR count). The van der Waals surface area contributed by atoms with E-state index in [4.69, 9.17) is 0 Å². The SMILES string of the molecule is CN(CCc1c(F)ccc2ccccc12)C1CC1. The molecule has 0 amide bonds. The van der Waals surface area contributed by atoms with Crippen molar-refractivity contribution < 1.29 is 4.39 Å². The lowest BCUT2D eigenvalue weighted by molar-refractivity contribution is 0.327. The van der Waals surface area contributed by atoms with E-state index < -0.39 is 0 Å². The standard InChI is InChI=1S/C16H18FN/c1-18(13-7-8-13)11-10-15-14-5-3-2-4-12(14)6-9-16(15)17/h2-6,9,13H,7-8,10-11H2,1H3. The van der Waals surface area contributed by atoms with Crippen molar-refractivity contribution in [1.82, 2.24) is 4.90 Å². The number of rotatable bonds is 4. The van der Waals surface area contributed by atoms with E-state index in [9.17, 15) is 4.39 Å². The Labute approximate surface area is 107 Å². The van der Waals surface area contributed by atoms with Crippen molar-refractivity contribution in [3.63, 3.8) is 0 Å². The highest BCUT2D eigenvalue weighted by Gasteiger charge is 2.25. The second-order valence-corrected chi connectivity index (χ2v) is 5.21. The van der Waals surface area contributed by atoms with E-state index >= 15 is 0 Å². The first-order valence-corrected chi connectivity index (χ1v) is 6.62. The average Bonchev–Trinajstić information content (AvgIpc) is 3.21. The van der Waals surface area contributed by atoms with Gasteiger partial charge in [-0.25, -0.2) is 4.39 Å². The van der Waals surface area contributed by atoms with E-state index in [1.807, 2.05) is 30.3 Å². The summed E-state index contributed by atoms with van der Waals surface area (Å²) in [6.07, 6.45) is 3.39. The van der Waals surface area contributed by atoms with Crippen molar-refractivity contribution in [2.24, 2.45) is 0 Å². The molecule has 2 aromatic rings. The molecule has 1 aliphatic carbocycles. The Morgan fingerprint density at radius 3 is 2.72 bits per heavy atom. The summed E-state index contributed by atoms with van der Waals surface area (Å²) in [5, 5.41) is 2.18. The van der Waals surface area contributed by atoms with Gasteiger partial charge in [-0.1, -0.05) is 30.3 Å². The number of halogens is 1. The molecule has 0 saturated heterocycles. The first kappa shape index (κ1) is 11.7. The molecule has 1 saturated carbocycles. The molecule has 1 aliphatic rings. The third kappa shape index (κ3) is 2.25. The van der Waals surface area contributed by atoms with Crippen molar-refractivity contribution in [2.45, 2.75) is 25.3 Å². The fraction of sp³-hybridized carbons (Fsp3) is 0.375. The second-order valence-electron chi connectivity index (χ2n) is 5.21. The Balaban J connectivity index is 1.87. The summed E-state index contributed by atoms with van der Waals surface area (Å²) in [5.74, 6) is -0.0714. The lowest BCUT2D eigenvalue weighted by atomic mass is 10.0. The first-order chi connectivity index (χ1) is 8.75. The lowest BCUT2D eigenvalue weighted by Gasteiger charge is -2.16. The van der Waals surface area contributed by atoms with Crippen LogP contribution in [0.1, 0.15) is 18.4 Å². The van der Waals surface area contributed by atoms with Gasteiger partial charge in [0.15, 0.2) is 0 Å². The number of likely N-dealkylation sites (N-methyl/N-ethyl adjacent to an activating group) is 1. The van der Waals surface area contributed by atoms with Crippen LogP contribution in [0.3, 0.4) is 0 Å². The summed E-state index contributed by atoms with van der Waals surface area (Å²) in [6.45, 7) is 0.940. The van der Waals surface area contributed by atoms with E-state index in [0.29, 0.717) is 0 Å². The zero-order chi connectivity index (χ0) is 12.5. The Bertz CT molecular complexity index is 560. The van der Waals surface area contributed by atoms with E-state index in [-0.39, 0.29) is 5.82 Å². The maximum absolute atomic E-state index is 14.0. The number of nitrogens with zero attached hydrogens (tertiary/aromatic N) is 1. The van der Waals surface area contributed by atoms with Gasteiger partial charge in [-0.2, -0.15) is 0 Å². The summed E-state index contributed by atoms with van der Waals surface area (Å²) in [5.41, 5.74) is 0.862. The zero-order valence-corrected chi connectivity index (χ0v) is 10.7. The van der Waals surface area contributed by atoms with Crippen molar-refractivity contribution in [1.29, 1.82) is 0 Å². The minimum atomic E-state index is -0.0714. The molecule has 0 aliphatic heterocycles. The molecule has 0 aromatic heterocycles. The van der Waals surface area contributed by atoms with Crippen molar-refractivity contribution in [2.75, 3.05) is 13.6 Å². The van der Waals surface area contributed by atoms with Crippen LogP contribution >= 0.6 is 0 Å². The van der Waals surface area contributed by atoms with Gasteiger partial charge in [0.2, 0.25) is 0 Å². The van der Waals surface area contributed by atoms with Crippen LogP contribution in [0.2, 0.25) is 0 Å². The van der Waals surface area contributed by atoms with Crippen LogP contribution in [0.4, 0.5) is 4.39 Å². The Morgan fingerprint density at radius 2 is 1.94 bits per heavy atom. The Hall–Kier alpha value is -1.41. The maximum Gasteiger partial charge on any atom is 0.127 e. The highest BCUT2D eigenvalue weighted by atomic mass is 19.1. The number of benzene rings is 2. The van der Waals surface area contributed by atoms with Crippen LogP contribution in [-0.2, 0) is 6.42 Å². The average molecular weight is 243 g/mol. The van der Waals surface area contributed by atoms with E-state index in [1.165, 1.54) is 12.8 Å². The molecule has 0 bridgehead atoms. The van der Waals surface area contributed by atoms with Crippen LogP contribution < -0.4 is 0 Å². The molecule has 0 radical (unpaired) electrons. The molecule has 1 nitrogen and oxygen atoms in total. The zero-order valence-electron chi connectivity index (χ0n) is 10.7. The third-order valence-corrected chi connectivity index (χ3v) is 3.87. The molecular weight excluding hydrogens is 225 g/mol. The topological polar surface area (TPSA) is 3.24 Å². The molecule has 94 valence electrons. The molecular formula is C16H18FN. The number of fused-ring (bicyclic) bond motifs is 1. The van der Waals surface area contributed by atoms with Crippen LogP contribution in [0.15, 0.2) is 36.4 Å². The monoisotopic (exact) mass is 243 g/mol. The molecule has 0 unspecified atom stereocenters. The molecule has 0 heterocycles. The normalized spacial score (nSPS) is 15.5. The summed E-state index contributed by atoms with van der Waals surface area (Å²) in [7, 11) is 2.14. The number of hydrogen-bond acceptors (Lipinski definition) is 1. The van der Waals surface area contributed by atoms with Gasteiger partial charge in [-0.15, -0.1) is 0 Å². The highest BCUT2D eigenvalue weighted by molar-refractivity contribution is 5.85. The van der Waals surface area contributed by atoms with Crippen LogP contribution in [0.25, 0.3) is 10.8 Å². The third-order valence-electron chi connectivity index (χ3n) is 3.87. The second kappa shape index (κ2) is 4.69. The van der Waals surface area contributed by atoms with E-state index in [0.717, 1.165) is 35.3 Å². The van der Waals surface area contributed by atoms with Gasteiger partial charge in [0.25, 0.3) is 0 Å². The minimum Gasteiger partial charge on any atom is -0.303 e. The highest BCUT2D eigenvalue weighted by Crippen LogP contribution is 2.27. The molecule has 0 N–H and O–H groups in total. The summed E-state index contributed by atoms with van der Waals surface area (Å²) in [4.78, 5) is 2.35. The van der Waals surface area contributed by atoms with Crippen molar-refractivity contribution >= 4 is 10.8 Å². The van der Waals surface area contributed by atoms with Gasteiger partial charge in [-0.05, 0) is 48.7 Å². The largest absolute Gasteiger partial charge is 0.303 e. The van der Waals surface area contributed by atoms with Gasteiger partial charge >= 0.3 is 0 Å². The van der Waals surface area contributed by atoms with E-state index in [2.05, 4.69) is 11.9 Å². The molecule has 0 atom stereocenters. The molecule has 1 fully saturated rings. The fourth-order valence-corrected chi connectivity index (χ4v) is 2.55. The predicted molar refractivity (Wildman–Crippen MR) is 73.3 cm³/mol. The van der Waals surface area contributed by atoms with Crippen LogP contribution in [0, 0.1) is 5.82 Å². The molecule has 2 aromatic carbocycles. The summed E-state index contributed by atoms with van der Waals surface area (Å²) in [6, 6.07) is 12.2. The Morgan fingerprint density at radius 1 is 1.17 bits per heavy atom. The van der Waals surface area contributed by atoms with Crippen molar-refractivity contribution in [3.8, 4) is 0 Å². The fourth-order valence-electron chi connectivity index (χ4n) is 2.55. The maximum atomic E-state index is 14.0. The first-order valence-electron chi connectivity index (χ1n) is 6.62. The van der Waals surface area contributed by atoms with Gasteiger partial charge < -0.3 is 4.90 Å². The van der Waals surface area contributed by atoms with Crippen LogP contribution in [0.5, 0.6) is 0 Å². The molecule has 18 heavy (non-hydrogen) atoms. The van der Waals surface area contributed by atoms with Gasteiger partial charge in [-0.3, -0.25) is 0 Å². The van der Waals surface area contributed by atoms with Gasteiger partial charge in [0.05, 0.1) is 0 Å². The number of hydrogen-bond donors (Lipinski definition) is 0. The van der Waals surface area contributed by atoms with Crippen molar-refractivity contribution in [3.05, 3.63) is 47.8 Å². The predicted octanol–water partition coefficient (Wildman–Crippen LogP) is 3.62. The van der Waals surface area contributed by atoms with Crippen LogP contribution in [-0.4, -0.2) is 24.5 Å². The van der Waals surface area contributed by atoms with Gasteiger partial charge in [0, 0.05) is 12.6 Å². The lowest BCUT2D eigenvalue weighted by Crippen LogP contribution is -2.23. The summed E-state index contributed by atoms with van der Waals surface area (Å²) < 4.78 is 14.0. The molecule has 0 spiro atoms. The summed E-state index contributed by atoms with van der Waals surface area (Å²) >= 11 is 0. The Kier molecular flexibility index (Phi) is 3.04. The van der Waals surface area contributed by atoms with E-state index in [1.54, 1.807) is 6.07 Å².